The summed E-state index contributed by atoms with van der Waals surface area (Å²) in [4.78, 5) is 2.49. The van der Waals surface area contributed by atoms with Gasteiger partial charge in [0.25, 0.3) is 0 Å². The molecule has 1 fully saturated rings. The predicted octanol–water partition coefficient (Wildman–Crippen LogP) is 2.23. The van der Waals surface area contributed by atoms with Gasteiger partial charge in [0.05, 0.1) is 6.10 Å². The van der Waals surface area contributed by atoms with E-state index in [1.165, 1.54) is 6.42 Å². The van der Waals surface area contributed by atoms with Gasteiger partial charge in [-0.15, -0.1) is 0 Å². The summed E-state index contributed by atoms with van der Waals surface area (Å²) in [5.41, 5.74) is 6.14. The van der Waals surface area contributed by atoms with Gasteiger partial charge in [-0.25, -0.2) is 0 Å². The van der Waals surface area contributed by atoms with E-state index in [9.17, 15) is 5.11 Å². The van der Waals surface area contributed by atoms with Crippen LogP contribution in [0.25, 0.3) is 0 Å². The molecule has 1 aliphatic heterocycles. The Bertz CT molecular complexity index is 249. The number of hydrogen-bond donors (Lipinski definition) is 2. The average molecular weight is 256 g/mol. The van der Waals surface area contributed by atoms with Crippen molar-refractivity contribution in [2.24, 2.45) is 17.1 Å². The molecule has 108 valence electrons. The van der Waals surface area contributed by atoms with Gasteiger partial charge < -0.3 is 10.8 Å². The van der Waals surface area contributed by atoms with E-state index in [1.807, 2.05) is 0 Å². The summed E-state index contributed by atoms with van der Waals surface area (Å²) >= 11 is 0. The van der Waals surface area contributed by atoms with E-state index in [0.29, 0.717) is 12.0 Å². The number of piperidine rings is 1. The Morgan fingerprint density at radius 2 is 1.94 bits per heavy atom. The molecule has 1 saturated heterocycles. The van der Waals surface area contributed by atoms with Crippen LogP contribution in [0.4, 0.5) is 0 Å². The summed E-state index contributed by atoms with van der Waals surface area (Å²) in [7, 11) is 0. The normalized spacial score (nSPS) is 30.2. The van der Waals surface area contributed by atoms with Crippen LogP contribution in [-0.2, 0) is 0 Å². The van der Waals surface area contributed by atoms with Gasteiger partial charge in [0.2, 0.25) is 0 Å². The first-order valence-corrected chi connectivity index (χ1v) is 7.41. The maximum atomic E-state index is 10.2. The lowest BCUT2D eigenvalue weighted by Gasteiger charge is -2.41. The zero-order chi connectivity index (χ0) is 13.9. The summed E-state index contributed by atoms with van der Waals surface area (Å²) < 4.78 is 0. The number of nitrogens with zero attached hydrogens (tertiary/aromatic N) is 1. The molecular weight excluding hydrogens is 224 g/mol. The number of likely N-dealkylation sites (tertiary alicyclic amines) is 1. The summed E-state index contributed by atoms with van der Waals surface area (Å²) in [5.74, 6) is 0.539. The van der Waals surface area contributed by atoms with Gasteiger partial charge in [0, 0.05) is 25.2 Å². The monoisotopic (exact) mass is 256 g/mol. The molecule has 0 aromatic rings. The van der Waals surface area contributed by atoms with Crippen LogP contribution in [-0.4, -0.2) is 41.3 Å². The molecule has 0 aliphatic carbocycles. The maximum absolute atomic E-state index is 10.2. The highest BCUT2D eigenvalue weighted by Gasteiger charge is 2.31. The van der Waals surface area contributed by atoms with Crippen LogP contribution in [0, 0.1) is 11.3 Å². The molecule has 0 amide bonds. The van der Waals surface area contributed by atoms with E-state index >= 15 is 0 Å². The molecule has 3 heteroatoms. The fourth-order valence-electron chi connectivity index (χ4n) is 2.74. The van der Waals surface area contributed by atoms with Crippen molar-refractivity contribution in [1.82, 2.24) is 4.90 Å². The van der Waals surface area contributed by atoms with Crippen LogP contribution in [0.5, 0.6) is 0 Å². The third kappa shape index (κ3) is 4.52. The quantitative estimate of drug-likeness (QED) is 0.811. The molecular formula is C15H32N2O. The zero-order valence-electron chi connectivity index (χ0n) is 12.8. The minimum Gasteiger partial charge on any atom is -0.393 e. The molecule has 0 bridgehead atoms. The van der Waals surface area contributed by atoms with E-state index in [-0.39, 0.29) is 17.6 Å². The van der Waals surface area contributed by atoms with Gasteiger partial charge in [0.15, 0.2) is 0 Å². The molecule has 0 saturated carbocycles. The lowest BCUT2D eigenvalue weighted by Crippen LogP contribution is -2.51. The fourth-order valence-corrected chi connectivity index (χ4v) is 2.74. The Kier molecular flexibility index (Phi) is 5.63. The predicted molar refractivity (Wildman–Crippen MR) is 77.5 cm³/mol. The molecule has 4 unspecified atom stereocenters. The van der Waals surface area contributed by atoms with Crippen LogP contribution >= 0.6 is 0 Å². The minimum absolute atomic E-state index is 0.0251. The standard InChI is InChI=1S/C15H32N2O/c1-6-11(2)17-9-12(7-13(16)10-17)8-14(18)15(3,4)5/h11-14,18H,6-10,16H2,1-5H3. The first-order valence-electron chi connectivity index (χ1n) is 7.41. The molecule has 0 radical (unpaired) electrons. The van der Waals surface area contributed by atoms with Crippen molar-refractivity contribution in [3.05, 3.63) is 0 Å². The SMILES string of the molecule is CCC(C)N1CC(N)CC(CC(O)C(C)(C)C)C1. The van der Waals surface area contributed by atoms with Crippen LogP contribution in [0.3, 0.4) is 0 Å². The molecule has 18 heavy (non-hydrogen) atoms. The summed E-state index contributed by atoms with van der Waals surface area (Å²) in [6.45, 7) is 12.9. The van der Waals surface area contributed by atoms with E-state index in [1.54, 1.807) is 0 Å². The smallest absolute Gasteiger partial charge is 0.0591 e. The topological polar surface area (TPSA) is 49.5 Å². The highest BCUT2D eigenvalue weighted by molar-refractivity contribution is 4.86. The Morgan fingerprint density at radius 3 is 2.44 bits per heavy atom. The van der Waals surface area contributed by atoms with Crippen LogP contribution < -0.4 is 5.73 Å². The van der Waals surface area contributed by atoms with E-state index in [0.717, 1.165) is 25.9 Å². The lowest BCUT2D eigenvalue weighted by atomic mass is 9.80. The molecule has 3 N–H and O–H groups in total. The van der Waals surface area contributed by atoms with Gasteiger partial charge in [-0.05, 0) is 37.5 Å². The van der Waals surface area contributed by atoms with Gasteiger partial charge >= 0.3 is 0 Å². The number of aliphatic hydroxyl groups excluding tert-OH is 1. The highest BCUT2D eigenvalue weighted by Crippen LogP contribution is 2.29. The summed E-state index contributed by atoms with van der Waals surface area (Å²) in [6, 6.07) is 0.871. The maximum Gasteiger partial charge on any atom is 0.0591 e. The third-order valence-corrected chi connectivity index (χ3v) is 4.37. The van der Waals surface area contributed by atoms with Crippen LogP contribution in [0.2, 0.25) is 0 Å². The van der Waals surface area contributed by atoms with E-state index in [2.05, 4.69) is 39.5 Å². The first kappa shape index (κ1) is 15.9. The van der Waals surface area contributed by atoms with Crippen LogP contribution in [0.15, 0.2) is 0 Å². The third-order valence-electron chi connectivity index (χ3n) is 4.37. The molecule has 1 rings (SSSR count). The molecule has 0 aromatic heterocycles. The second-order valence-corrected chi connectivity index (χ2v) is 7.19. The highest BCUT2D eigenvalue weighted by atomic mass is 16.3. The Labute approximate surface area is 113 Å². The molecule has 3 nitrogen and oxygen atoms in total. The number of rotatable bonds is 4. The number of nitrogens with two attached hydrogens (primary N) is 1. The first-order chi connectivity index (χ1) is 8.24. The zero-order valence-corrected chi connectivity index (χ0v) is 12.8. The van der Waals surface area contributed by atoms with Crippen LogP contribution in [0.1, 0.15) is 53.9 Å². The van der Waals surface area contributed by atoms with Gasteiger partial charge in [-0.1, -0.05) is 27.7 Å². The molecule has 1 aliphatic rings. The Balaban J connectivity index is 2.56. The van der Waals surface area contributed by atoms with Crippen molar-refractivity contribution in [3.63, 3.8) is 0 Å². The Hall–Kier alpha value is -0.120. The van der Waals surface area contributed by atoms with Gasteiger partial charge in [-0.3, -0.25) is 4.90 Å². The number of hydrogen-bond acceptors (Lipinski definition) is 3. The molecule has 4 atom stereocenters. The molecule has 0 aromatic carbocycles. The average Bonchev–Trinajstić information content (AvgIpc) is 2.25. The lowest BCUT2D eigenvalue weighted by molar-refractivity contribution is 0.0186. The van der Waals surface area contributed by atoms with Crippen molar-refractivity contribution in [2.75, 3.05) is 13.1 Å². The van der Waals surface area contributed by atoms with Crippen molar-refractivity contribution in [2.45, 2.75) is 72.1 Å². The van der Waals surface area contributed by atoms with Gasteiger partial charge in [-0.2, -0.15) is 0 Å². The second-order valence-electron chi connectivity index (χ2n) is 7.19. The van der Waals surface area contributed by atoms with E-state index < -0.39 is 0 Å². The Morgan fingerprint density at radius 1 is 1.33 bits per heavy atom. The summed E-state index contributed by atoms with van der Waals surface area (Å²) in [6.07, 6.45) is 2.87. The number of aliphatic hydroxyl groups is 1. The van der Waals surface area contributed by atoms with Crippen molar-refractivity contribution in [3.8, 4) is 0 Å². The van der Waals surface area contributed by atoms with Crippen molar-refractivity contribution >= 4 is 0 Å². The minimum atomic E-state index is -0.230. The largest absolute Gasteiger partial charge is 0.393 e. The van der Waals surface area contributed by atoms with Crippen molar-refractivity contribution in [1.29, 1.82) is 0 Å². The summed E-state index contributed by atoms with van der Waals surface area (Å²) in [5, 5.41) is 10.2. The second kappa shape index (κ2) is 6.36. The molecule has 1 heterocycles. The van der Waals surface area contributed by atoms with E-state index in [4.69, 9.17) is 5.73 Å². The molecule has 0 spiro atoms. The fraction of sp³-hybridized carbons (Fsp3) is 1.00. The van der Waals surface area contributed by atoms with Crippen molar-refractivity contribution < 1.29 is 5.11 Å². The van der Waals surface area contributed by atoms with Gasteiger partial charge in [0.1, 0.15) is 0 Å².